The van der Waals surface area contributed by atoms with E-state index in [1.54, 1.807) is 0 Å². The second-order valence-electron chi connectivity index (χ2n) is 2.81. The highest BCUT2D eigenvalue weighted by atomic mass is 32.2. The molecule has 0 spiro atoms. The summed E-state index contributed by atoms with van der Waals surface area (Å²) in [6.45, 7) is 0. The fourth-order valence-electron chi connectivity index (χ4n) is 1.05. The van der Waals surface area contributed by atoms with Crippen molar-refractivity contribution >= 4 is 16.0 Å². The van der Waals surface area contributed by atoms with Gasteiger partial charge in [0.1, 0.15) is 6.04 Å². The summed E-state index contributed by atoms with van der Waals surface area (Å²) in [6.07, 6.45) is 2.23. The van der Waals surface area contributed by atoms with Gasteiger partial charge in [-0.05, 0) is 12.1 Å². The number of rotatable bonds is 3. The molecule has 1 aromatic rings. The normalized spacial score (nSPS) is 13.9. The summed E-state index contributed by atoms with van der Waals surface area (Å²) in [7, 11) is -3.50. The molecule has 0 saturated carbocycles. The van der Waals surface area contributed by atoms with Crippen LogP contribution in [0.3, 0.4) is 0 Å². The maximum atomic E-state index is 11.2. The summed E-state index contributed by atoms with van der Waals surface area (Å²) in [4.78, 5) is 10.5. The fraction of sp³-hybridized carbons (Fsp3) is 0.286. The molecular weight excluding hydrogens is 208 g/mol. The molecule has 1 atom stereocenters. The molecule has 0 aliphatic carbocycles. The van der Waals surface area contributed by atoms with Gasteiger partial charge in [0, 0.05) is 6.20 Å². The smallest absolute Gasteiger partial charge is 0.326 e. The number of carboxylic acid groups (broad SMARTS) is 1. The first-order valence-electron chi connectivity index (χ1n) is 3.70. The highest BCUT2D eigenvalue weighted by Crippen LogP contribution is 2.13. The van der Waals surface area contributed by atoms with Crippen molar-refractivity contribution in [3.05, 3.63) is 24.0 Å². The van der Waals surface area contributed by atoms with E-state index in [2.05, 4.69) is 0 Å². The van der Waals surface area contributed by atoms with Gasteiger partial charge in [-0.2, -0.15) is 0 Å². The Morgan fingerprint density at radius 3 is 2.64 bits per heavy atom. The number of nitrogens with zero attached hydrogens (tertiary/aromatic N) is 1. The minimum Gasteiger partial charge on any atom is -0.480 e. The predicted octanol–water partition coefficient (Wildman–Crippen LogP) is -0.620. The first-order valence-corrected chi connectivity index (χ1v) is 5.55. The molecule has 0 unspecified atom stereocenters. The number of hydrogen-bond acceptors (Lipinski definition) is 4. The fourth-order valence-corrected chi connectivity index (χ4v) is 1.90. The van der Waals surface area contributed by atoms with Crippen LogP contribution in [0.25, 0.3) is 0 Å². The van der Waals surface area contributed by atoms with Crippen LogP contribution in [-0.4, -0.2) is 29.7 Å². The molecule has 0 radical (unpaired) electrons. The molecule has 0 saturated heterocycles. The Bertz CT molecular complexity index is 448. The van der Waals surface area contributed by atoms with E-state index in [0.717, 1.165) is 10.2 Å². The average Bonchev–Trinajstić information content (AvgIpc) is 2.48. The maximum absolute atomic E-state index is 11.2. The third-order valence-electron chi connectivity index (χ3n) is 1.68. The molecule has 1 heterocycles. The monoisotopic (exact) mass is 218 g/mol. The topological polar surface area (TPSA) is 102 Å². The molecule has 0 bridgehead atoms. The Labute approximate surface area is 81.0 Å². The number of aromatic nitrogens is 1. The summed E-state index contributed by atoms with van der Waals surface area (Å²) in [5.41, 5.74) is 5.34. The van der Waals surface area contributed by atoms with Gasteiger partial charge < -0.3 is 10.8 Å². The number of carbonyl (C=O) groups is 1. The predicted molar refractivity (Wildman–Crippen MR) is 49.2 cm³/mol. The van der Waals surface area contributed by atoms with E-state index in [4.69, 9.17) is 10.8 Å². The van der Waals surface area contributed by atoms with Crippen molar-refractivity contribution in [2.45, 2.75) is 6.04 Å². The van der Waals surface area contributed by atoms with E-state index >= 15 is 0 Å². The van der Waals surface area contributed by atoms with Crippen LogP contribution in [0.15, 0.2) is 18.3 Å². The minimum atomic E-state index is -3.50. The van der Waals surface area contributed by atoms with Crippen LogP contribution >= 0.6 is 0 Å². The number of nitrogens with two attached hydrogens (primary N) is 1. The molecule has 7 heteroatoms. The van der Waals surface area contributed by atoms with Crippen molar-refractivity contribution in [3.8, 4) is 0 Å². The standard InChI is InChI=1S/C7H10N2O4S/c1-14(12,13)9-4-2-3-5(9)6(8)7(10)11/h2-4,6H,8H2,1H3,(H,10,11)/t6-/m1/s1. The van der Waals surface area contributed by atoms with Gasteiger partial charge in [-0.1, -0.05) is 0 Å². The number of hydrogen-bond donors (Lipinski definition) is 2. The van der Waals surface area contributed by atoms with Crippen LogP contribution in [0, 0.1) is 0 Å². The van der Waals surface area contributed by atoms with Gasteiger partial charge in [0.25, 0.3) is 0 Å². The first-order chi connectivity index (χ1) is 6.34. The molecule has 1 rings (SSSR count). The van der Waals surface area contributed by atoms with Gasteiger partial charge in [0.15, 0.2) is 0 Å². The molecule has 78 valence electrons. The molecule has 0 aliphatic heterocycles. The lowest BCUT2D eigenvalue weighted by Crippen LogP contribution is -2.25. The Balaban J connectivity index is 3.25. The molecule has 0 amide bonds. The quantitative estimate of drug-likeness (QED) is 0.703. The van der Waals surface area contributed by atoms with Crippen molar-refractivity contribution in [3.63, 3.8) is 0 Å². The summed E-state index contributed by atoms with van der Waals surface area (Å²) in [6, 6.07) is 1.46. The molecule has 1 aromatic heterocycles. The van der Waals surface area contributed by atoms with Crippen LogP contribution in [0.4, 0.5) is 0 Å². The van der Waals surface area contributed by atoms with Crippen molar-refractivity contribution in [2.75, 3.05) is 6.26 Å². The lowest BCUT2D eigenvalue weighted by atomic mass is 10.2. The van der Waals surface area contributed by atoms with Crippen molar-refractivity contribution in [2.24, 2.45) is 5.73 Å². The third-order valence-corrected chi connectivity index (χ3v) is 2.73. The third kappa shape index (κ3) is 1.94. The number of carboxylic acids is 1. The van der Waals surface area contributed by atoms with Crippen molar-refractivity contribution in [1.82, 2.24) is 3.97 Å². The maximum Gasteiger partial charge on any atom is 0.326 e. The van der Waals surface area contributed by atoms with Gasteiger partial charge >= 0.3 is 5.97 Å². The summed E-state index contributed by atoms with van der Waals surface area (Å²) in [5, 5.41) is 8.61. The van der Waals surface area contributed by atoms with Gasteiger partial charge in [-0.3, -0.25) is 4.79 Å². The Hall–Kier alpha value is -1.34. The van der Waals surface area contributed by atoms with E-state index in [-0.39, 0.29) is 5.69 Å². The molecule has 14 heavy (non-hydrogen) atoms. The Morgan fingerprint density at radius 1 is 1.64 bits per heavy atom. The summed E-state index contributed by atoms with van der Waals surface area (Å²) in [5.74, 6) is -1.27. The highest BCUT2D eigenvalue weighted by molar-refractivity contribution is 7.89. The zero-order chi connectivity index (χ0) is 10.9. The molecule has 6 nitrogen and oxygen atoms in total. The zero-order valence-corrected chi connectivity index (χ0v) is 8.23. The van der Waals surface area contributed by atoms with Crippen molar-refractivity contribution < 1.29 is 18.3 Å². The van der Waals surface area contributed by atoms with Crippen LogP contribution in [0.5, 0.6) is 0 Å². The molecule has 0 aromatic carbocycles. The van der Waals surface area contributed by atoms with E-state index in [1.165, 1.54) is 18.3 Å². The minimum absolute atomic E-state index is 0.0417. The van der Waals surface area contributed by atoms with Gasteiger partial charge in [0.2, 0.25) is 10.0 Å². The largest absolute Gasteiger partial charge is 0.480 e. The van der Waals surface area contributed by atoms with Crippen LogP contribution in [0.1, 0.15) is 11.7 Å². The second kappa shape index (κ2) is 3.43. The van der Waals surface area contributed by atoms with E-state index in [9.17, 15) is 13.2 Å². The first kappa shape index (κ1) is 10.7. The van der Waals surface area contributed by atoms with Gasteiger partial charge in [0.05, 0.1) is 11.9 Å². The molecule has 0 aliphatic rings. The lowest BCUT2D eigenvalue weighted by molar-refractivity contribution is -0.138. The lowest BCUT2D eigenvalue weighted by Gasteiger charge is -2.09. The van der Waals surface area contributed by atoms with Crippen LogP contribution < -0.4 is 5.73 Å². The van der Waals surface area contributed by atoms with Crippen LogP contribution in [-0.2, 0) is 14.8 Å². The van der Waals surface area contributed by atoms with Gasteiger partial charge in [-0.15, -0.1) is 0 Å². The second-order valence-corrected chi connectivity index (χ2v) is 4.67. The van der Waals surface area contributed by atoms with E-state index in [0.29, 0.717) is 0 Å². The Morgan fingerprint density at radius 2 is 2.21 bits per heavy atom. The van der Waals surface area contributed by atoms with Gasteiger partial charge in [-0.25, -0.2) is 12.4 Å². The van der Waals surface area contributed by atoms with E-state index < -0.39 is 22.0 Å². The SMILES string of the molecule is CS(=O)(=O)n1cccc1[C@@H](N)C(=O)O. The van der Waals surface area contributed by atoms with E-state index in [1.807, 2.05) is 0 Å². The zero-order valence-electron chi connectivity index (χ0n) is 7.41. The Kier molecular flexibility index (Phi) is 2.63. The van der Waals surface area contributed by atoms with Crippen molar-refractivity contribution in [1.29, 1.82) is 0 Å². The molecular formula is C7H10N2O4S. The molecule has 3 N–H and O–H groups in total. The average molecular weight is 218 g/mol. The highest BCUT2D eigenvalue weighted by Gasteiger charge is 2.21. The number of aliphatic carboxylic acids is 1. The summed E-state index contributed by atoms with van der Waals surface area (Å²) < 4.78 is 23.2. The summed E-state index contributed by atoms with van der Waals surface area (Å²) >= 11 is 0. The molecule has 0 fully saturated rings. The van der Waals surface area contributed by atoms with Crippen LogP contribution in [0.2, 0.25) is 0 Å².